The van der Waals surface area contributed by atoms with Crippen LogP contribution in [0.3, 0.4) is 0 Å². The van der Waals surface area contributed by atoms with Crippen LogP contribution < -0.4 is 0 Å². The normalized spacial score (nSPS) is 12.9. The molecule has 0 aliphatic carbocycles. The SMILES string of the molecule is FC(F)(F)c1cc(CBr)c(Br)c(C(F)(F)F)c1. The molecule has 0 nitrogen and oxygen atoms in total. The molecule has 0 spiro atoms. The van der Waals surface area contributed by atoms with Gasteiger partial charge in [-0.3, -0.25) is 0 Å². The number of hydrogen-bond donors (Lipinski definition) is 0. The second-order valence-corrected chi connectivity index (χ2v) is 4.48. The molecule has 8 heteroatoms. The Morgan fingerprint density at radius 3 is 1.82 bits per heavy atom. The van der Waals surface area contributed by atoms with Crippen molar-refractivity contribution in [2.24, 2.45) is 0 Å². The van der Waals surface area contributed by atoms with Crippen molar-refractivity contribution in [2.45, 2.75) is 17.7 Å². The Kier molecular flexibility index (Phi) is 4.18. The Labute approximate surface area is 109 Å². The number of alkyl halides is 7. The summed E-state index contributed by atoms with van der Waals surface area (Å²) in [6.45, 7) is 0. The van der Waals surface area contributed by atoms with E-state index in [0.29, 0.717) is 6.07 Å². The summed E-state index contributed by atoms with van der Waals surface area (Å²) in [5.41, 5.74) is -2.75. The third-order valence-electron chi connectivity index (χ3n) is 1.92. The molecule has 1 aromatic carbocycles. The number of halogens is 8. The van der Waals surface area contributed by atoms with E-state index in [2.05, 4.69) is 31.9 Å². The molecule has 0 aromatic heterocycles. The monoisotopic (exact) mass is 384 g/mol. The van der Waals surface area contributed by atoms with E-state index in [1.165, 1.54) is 0 Å². The lowest BCUT2D eigenvalue weighted by Crippen LogP contribution is -2.12. The molecule has 0 unspecified atom stereocenters. The molecule has 0 aliphatic heterocycles. The smallest absolute Gasteiger partial charge is 0.166 e. The summed E-state index contributed by atoms with van der Waals surface area (Å²) >= 11 is 5.51. The maximum atomic E-state index is 12.5. The molecule has 0 saturated heterocycles. The summed E-state index contributed by atoms with van der Waals surface area (Å²) in [4.78, 5) is 0. The minimum atomic E-state index is -4.84. The van der Waals surface area contributed by atoms with Gasteiger partial charge in [-0.15, -0.1) is 0 Å². The predicted octanol–water partition coefficient (Wildman–Crippen LogP) is 5.38. The highest BCUT2D eigenvalue weighted by molar-refractivity contribution is 9.10. The first-order valence-electron chi connectivity index (χ1n) is 4.10. The van der Waals surface area contributed by atoms with Gasteiger partial charge in [0.1, 0.15) is 0 Å². The van der Waals surface area contributed by atoms with Crippen molar-refractivity contribution in [1.82, 2.24) is 0 Å². The minimum Gasteiger partial charge on any atom is -0.166 e. The van der Waals surface area contributed by atoms with Gasteiger partial charge in [-0.2, -0.15) is 26.3 Å². The molecule has 0 heterocycles. The lowest BCUT2D eigenvalue weighted by atomic mass is 10.1. The Balaban J connectivity index is 3.50. The molecule has 96 valence electrons. The predicted molar refractivity (Wildman–Crippen MR) is 56.8 cm³/mol. The molecule has 0 saturated carbocycles. The van der Waals surface area contributed by atoms with Crippen LogP contribution >= 0.6 is 31.9 Å². The number of benzene rings is 1. The van der Waals surface area contributed by atoms with Crippen LogP contribution in [0.15, 0.2) is 16.6 Å². The third kappa shape index (κ3) is 3.37. The highest BCUT2D eigenvalue weighted by Crippen LogP contribution is 2.41. The van der Waals surface area contributed by atoms with Gasteiger partial charge >= 0.3 is 12.4 Å². The van der Waals surface area contributed by atoms with E-state index in [-0.39, 0.29) is 21.4 Å². The molecule has 1 rings (SSSR count). The van der Waals surface area contributed by atoms with Crippen LogP contribution in [-0.2, 0) is 17.7 Å². The summed E-state index contributed by atoms with van der Waals surface area (Å²) in [6.07, 6.45) is -9.64. The van der Waals surface area contributed by atoms with E-state index in [1.54, 1.807) is 0 Å². The maximum Gasteiger partial charge on any atom is 0.417 e. The van der Waals surface area contributed by atoms with Crippen LogP contribution in [0.4, 0.5) is 26.3 Å². The van der Waals surface area contributed by atoms with Crippen LogP contribution in [0.1, 0.15) is 16.7 Å². The molecule has 0 N–H and O–H groups in total. The topological polar surface area (TPSA) is 0 Å². The van der Waals surface area contributed by atoms with Gasteiger partial charge < -0.3 is 0 Å². The minimum absolute atomic E-state index is 0.0935. The van der Waals surface area contributed by atoms with E-state index >= 15 is 0 Å². The Hall–Kier alpha value is -0.240. The van der Waals surface area contributed by atoms with Crippen LogP contribution in [0.5, 0.6) is 0 Å². The summed E-state index contributed by atoms with van der Waals surface area (Å²) in [5, 5.41) is -0.111. The quantitative estimate of drug-likeness (QED) is 0.449. The van der Waals surface area contributed by atoms with Crippen LogP contribution in [-0.4, -0.2) is 0 Å². The van der Waals surface area contributed by atoms with Gasteiger partial charge in [0, 0.05) is 9.80 Å². The van der Waals surface area contributed by atoms with E-state index in [1.807, 2.05) is 0 Å². The lowest BCUT2D eigenvalue weighted by molar-refractivity contribution is -0.143. The molecular formula is C9H4Br2F6. The van der Waals surface area contributed by atoms with E-state index < -0.39 is 23.5 Å². The van der Waals surface area contributed by atoms with Crippen molar-refractivity contribution in [1.29, 1.82) is 0 Å². The van der Waals surface area contributed by atoms with Gasteiger partial charge in [0.2, 0.25) is 0 Å². The van der Waals surface area contributed by atoms with E-state index in [4.69, 9.17) is 0 Å². The second kappa shape index (κ2) is 4.79. The molecule has 0 radical (unpaired) electrons. The van der Waals surface area contributed by atoms with Gasteiger partial charge in [0.25, 0.3) is 0 Å². The standard InChI is InChI=1S/C9H4Br2F6/c10-3-4-1-5(8(12,13)14)2-6(7(4)11)9(15,16)17/h1-2H,3H2. The summed E-state index contributed by atoms with van der Waals surface area (Å²) in [6, 6.07) is 0.768. The molecule has 0 fully saturated rings. The third-order valence-corrected chi connectivity index (χ3v) is 3.47. The maximum absolute atomic E-state index is 12.5. The van der Waals surface area contributed by atoms with Crippen LogP contribution in [0.25, 0.3) is 0 Å². The van der Waals surface area contributed by atoms with Crippen molar-refractivity contribution >= 4 is 31.9 Å². The van der Waals surface area contributed by atoms with Crippen LogP contribution in [0.2, 0.25) is 0 Å². The Morgan fingerprint density at radius 1 is 0.941 bits per heavy atom. The molecule has 0 aliphatic rings. The molecular weight excluding hydrogens is 382 g/mol. The first kappa shape index (κ1) is 14.8. The van der Waals surface area contributed by atoms with E-state index in [0.717, 1.165) is 0 Å². The molecule has 0 atom stereocenters. The fourth-order valence-electron chi connectivity index (χ4n) is 1.15. The Morgan fingerprint density at radius 2 is 1.47 bits per heavy atom. The zero-order valence-electron chi connectivity index (χ0n) is 7.89. The van der Waals surface area contributed by atoms with E-state index in [9.17, 15) is 26.3 Å². The number of hydrogen-bond acceptors (Lipinski definition) is 0. The highest BCUT2D eigenvalue weighted by atomic mass is 79.9. The average Bonchev–Trinajstić information content (AvgIpc) is 2.14. The first-order chi connectivity index (χ1) is 7.57. The van der Waals surface area contributed by atoms with Gasteiger partial charge in [-0.1, -0.05) is 15.9 Å². The molecule has 1 aromatic rings. The summed E-state index contributed by atoms with van der Waals surface area (Å²) < 4.78 is 74.4. The zero-order valence-corrected chi connectivity index (χ0v) is 11.1. The fraction of sp³-hybridized carbons (Fsp3) is 0.333. The summed E-state index contributed by atoms with van der Waals surface area (Å²) in [5.74, 6) is 0. The first-order valence-corrected chi connectivity index (χ1v) is 6.01. The lowest BCUT2D eigenvalue weighted by Gasteiger charge is -2.15. The second-order valence-electron chi connectivity index (χ2n) is 3.13. The Bertz CT molecular complexity index is 421. The van der Waals surface area contributed by atoms with Gasteiger partial charge in [-0.05, 0) is 33.6 Å². The van der Waals surface area contributed by atoms with Gasteiger partial charge in [-0.25, -0.2) is 0 Å². The van der Waals surface area contributed by atoms with Crippen molar-refractivity contribution < 1.29 is 26.3 Å². The van der Waals surface area contributed by atoms with Crippen molar-refractivity contribution in [2.75, 3.05) is 0 Å². The van der Waals surface area contributed by atoms with Crippen molar-refractivity contribution in [3.05, 3.63) is 33.3 Å². The van der Waals surface area contributed by atoms with Gasteiger partial charge in [0.05, 0.1) is 11.1 Å². The fourth-order valence-corrected chi connectivity index (χ4v) is 2.56. The molecule has 17 heavy (non-hydrogen) atoms. The van der Waals surface area contributed by atoms with Crippen LogP contribution in [0, 0.1) is 0 Å². The van der Waals surface area contributed by atoms with Crippen molar-refractivity contribution in [3.8, 4) is 0 Å². The highest BCUT2D eigenvalue weighted by Gasteiger charge is 2.38. The zero-order chi connectivity index (χ0) is 13.4. The molecule has 0 amide bonds. The van der Waals surface area contributed by atoms with Crippen molar-refractivity contribution in [3.63, 3.8) is 0 Å². The molecule has 0 bridgehead atoms. The average molecular weight is 386 g/mol. The largest absolute Gasteiger partial charge is 0.417 e. The van der Waals surface area contributed by atoms with Gasteiger partial charge in [0.15, 0.2) is 0 Å². The summed E-state index contributed by atoms with van der Waals surface area (Å²) in [7, 11) is 0. The number of rotatable bonds is 1.